The molecule has 0 aliphatic carbocycles. The van der Waals surface area contributed by atoms with Gasteiger partial charge in [0.1, 0.15) is 5.60 Å². The summed E-state index contributed by atoms with van der Waals surface area (Å²) in [7, 11) is -3.92. The topological polar surface area (TPSA) is 96.0 Å². The second kappa shape index (κ2) is 12.0. The molecular formula is C32H38ClN3O5S. The van der Waals surface area contributed by atoms with Crippen molar-refractivity contribution in [1.82, 2.24) is 9.80 Å². The average Bonchev–Trinajstić information content (AvgIpc) is 2.87. The quantitative estimate of drug-likeness (QED) is 0.342. The van der Waals surface area contributed by atoms with Crippen LogP contribution in [0.25, 0.3) is 0 Å². The van der Waals surface area contributed by atoms with Gasteiger partial charge in [0, 0.05) is 30.2 Å². The summed E-state index contributed by atoms with van der Waals surface area (Å²) in [5.41, 5.74) is 3.64. The van der Waals surface area contributed by atoms with Crippen molar-refractivity contribution < 1.29 is 22.7 Å². The number of ether oxygens (including phenoxy) is 1. The summed E-state index contributed by atoms with van der Waals surface area (Å²) in [5.74, 6) is -0.299. The predicted molar refractivity (Wildman–Crippen MR) is 166 cm³/mol. The van der Waals surface area contributed by atoms with E-state index < -0.39 is 27.8 Å². The fraction of sp³-hybridized carbons (Fsp3) is 0.375. The van der Waals surface area contributed by atoms with E-state index in [2.05, 4.69) is 4.72 Å². The number of sulfonamides is 1. The molecule has 0 aromatic heterocycles. The number of anilines is 1. The number of aryl methyl sites for hydroxylation is 4. The van der Waals surface area contributed by atoms with Gasteiger partial charge in [0.15, 0.2) is 0 Å². The molecule has 1 heterocycles. The number of nitrogens with zero attached hydrogens (tertiary/aromatic N) is 2. The van der Waals surface area contributed by atoms with Crippen LogP contribution in [0, 0.1) is 27.7 Å². The fourth-order valence-corrected chi connectivity index (χ4v) is 7.19. The van der Waals surface area contributed by atoms with Gasteiger partial charge in [-0.25, -0.2) is 13.2 Å². The largest absolute Gasteiger partial charge is 0.444 e. The van der Waals surface area contributed by atoms with Gasteiger partial charge in [0.2, 0.25) is 0 Å². The Morgan fingerprint density at radius 3 is 2.19 bits per heavy atom. The Bertz CT molecular complexity index is 1610. The summed E-state index contributed by atoms with van der Waals surface area (Å²) >= 11 is 6.57. The molecule has 8 nitrogen and oxygen atoms in total. The van der Waals surface area contributed by atoms with Crippen molar-refractivity contribution in [2.24, 2.45) is 0 Å². The molecule has 0 bridgehead atoms. The van der Waals surface area contributed by atoms with E-state index in [1.807, 2.05) is 37.3 Å². The van der Waals surface area contributed by atoms with Gasteiger partial charge in [-0.15, -0.1) is 0 Å². The molecule has 1 atom stereocenters. The van der Waals surface area contributed by atoms with Crippen molar-refractivity contribution >= 4 is 39.3 Å². The number of amides is 2. The van der Waals surface area contributed by atoms with Gasteiger partial charge in [-0.3, -0.25) is 9.52 Å². The number of nitrogens with one attached hydrogen (secondary N) is 1. The zero-order chi connectivity index (χ0) is 31.0. The maximum atomic E-state index is 14.0. The third kappa shape index (κ3) is 6.90. The Morgan fingerprint density at radius 2 is 1.57 bits per heavy atom. The van der Waals surface area contributed by atoms with E-state index in [9.17, 15) is 18.0 Å². The molecule has 3 aromatic carbocycles. The molecule has 10 heteroatoms. The zero-order valence-electron chi connectivity index (χ0n) is 25.1. The molecular weight excluding hydrogens is 574 g/mol. The predicted octanol–water partition coefficient (Wildman–Crippen LogP) is 6.81. The second-order valence-corrected chi connectivity index (χ2v) is 13.9. The Kier molecular flexibility index (Phi) is 8.94. The Labute approximate surface area is 253 Å². The summed E-state index contributed by atoms with van der Waals surface area (Å²) in [4.78, 5) is 30.4. The van der Waals surface area contributed by atoms with Crippen LogP contribution in [0.3, 0.4) is 0 Å². The number of piperazine rings is 1. The van der Waals surface area contributed by atoms with Crippen LogP contribution in [0.4, 0.5) is 10.5 Å². The van der Waals surface area contributed by atoms with E-state index in [1.165, 1.54) is 0 Å². The van der Waals surface area contributed by atoms with E-state index in [0.29, 0.717) is 38.5 Å². The Balaban J connectivity index is 1.66. The number of rotatable bonds is 5. The first-order valence-corrected chi connectivity index (χ1v) is 15.7. The van der Waals surface area contributed by atoms with Gasteiger partial charge in [-0.1, -0.05) is 53.6 Å². The highest BCUT2D eigenvalue weighted by atomic mass is 35.5. The van der Waals surface area contributed by atoms with E-state index in [4.69, 9.17) is 16.3 Å². The highest BCUT2D eigenvalue weighted by Gasteiger charge is 2.36. The van der Waals surface area contributed by atoms with E-state index >= 15 is 0 Å². The van der Waals surface area contributed by atoms with Gasteiger partial charge >= 0.3 is 6.09 Å². The first-order valence-electron chi connectivity index (χ1n) is 13.8. The van der Waals surface area contributed by atoms with Crippen LogP contribution in [-0.4, -0.2) is 55.5 Å². The lowest BCUT2D eigenvalue weighted by molar-refractivity contribution is 0.00409. The number of carbonyl (C=O) groups excluding carboxylic acids is 2. The molecule has 3 aromatic rings. The maximum Gasteiger partial charge on any atom is 0.410 e. The smallest absolute Gasteiger partial charge is 0.410 e. The van der Waals surface area contributed by atoms with Crippen LogP contribution < -0.4 is 4.72 Å². The van der Waals surface area contributed by atoms with Crippen molar-refractivity contribution in [3.63, 3.8) is 0 Å². The van der Waals surface area contributed by atoms with Gasteiger partial charge < -0.3 is 14.5 Å². The van der Waals surface area contributed by atoms with Gasteiger partial charge in [0.25, 0.3) is 15.9 Å². The molecule has 1 unspecified atom stereocenters. The van der Waals surface area contributed by atoms with Crippen molar-refractivity contribution in [2.45, 2.75) is 65.0 Å². The van der Waals surface area contributed by atoms with E-state index in [0.717, 1.165) is 5.56 Å². The zero-order valence-corrected chi connectivity index (χ0v) is 26.7. The third-order valence-electron chi connectivity index (χ3n) is 7.16. The maximum absolute atomic E-state index is 14.0. The Hall–Kier alpha value is -3.56. The number of benzene rings is 3. The molecule has 0 saturated carbocycles. The van der Waals surface area contributed by atoms with Gasteiger partial charge in [-0.2, -0.15) is 0 Å². The standard InChI is InChI=1S/C32H38ClN3O5S/c1-20-16-22(3)29(23(4)17-20)42(39,40)34-27-18-24(13-12-21(27)2)30(37)36-15-14-35(31(38)41-32(5,6)7)19-28(36)25-10-8-9-11-26(25)33/h8-13,16-18,28,34H,14-15,19H2,1-7H3. The molecule has 1 N–H and O–H groups in total. The normalized spacial score (nSPS) is 15.9. The lowest BCUT2D eigenvalue weighted by Crippen LogP contribution is -2.53. The molecule has 1 fully saturated rings. The lowest BCUT2D eigenvalue weighted by Gasteiger charge is -2.42. The highest BCUT2D eigenvalue weighted by Crippen LogP contribution is 2.33. The summed E-state index contributed by atoms with van der Waals surface area (Å²) in [6, 6.07) is 15.3. The summed E-state index contributed by atoms with van der Waals surface area (Å²) in [6.45, 7) is 13.4. The van der Waals surface area contributed by atoms with Gasteiger partial charge in [0.05, 0.1) is 16.6 Å². The summed E-state index contributed by atoms with van der Waals surface area (Å²) in [6.07, 6.45) is -0.458. The van der Waals surface area contributed by atoms with Crippen molar-refractivity contribution in [2.75, 3.05) is 24.4 Å². The molecule has 1 aliphatic rings. The minimum absolute atomic E-state index is 0.196. The van der Waals surface area contributed by atoms with Crippen LogP contribution in [0.2, 0.25) is 5.02 Å². The molecule has 42 heavy (non-hydrogen) atoms. The lowest BCUT2D eigenvalue weighted by atomic mass is 10.0. The summed E-state index contributed by atoms with van der Waals surface area (Å²) < 4.78 is 35.3. The van der Waals surface area contributed by atoms with Crippen molar-refractivity contribution in [3.8, 4) is 0 Å². The molecule has 1 saturated heterocycles. The Morgan fingerprint density at radius 1 is 0.929 bits per heavy atom. The van der Waals surface area contributed by atoms with Crippen molar-refractivity contribution in [1.29, 1.82) is 0 Å². The monoisotopic (exact) mass is 611 g/mol. The third-order valence-corrected chi connectivity index (χ3v) is 9.17. The molecule has 2 amide bonds. The molecule has 4 rings (SSSR count). The van der Waals surface area contributed by atoms with E-state index in [1.54, 1.807) is 75.6 Å². The fourth-order valence-electron chi connectivity index (χ4n) is 5.35. The van der Waals surface area contributed by atoms with Crippen LogP contribution in [0.5, 0.6) is 0 Å². The molecule has 0 spiro atoms. The van der Waals surface area contributed by atoms with Crippen molar-refractivity contribution in [3.05, 3.63) is 93.0 Å². The highest BCUT2D eigenvalue weighted by molar-refractivity contribution is 7.92. The first-order chi connectivity index (χ1) is 19.6. The minimum Gasteiger partial charge on any atom is -0.444 e. The molecule has 0 radical (unpaired) electrons. The SMILES string of the molecule is Cc1cc(C)c(S(=O)(=O)Nc2cc(C(=O)N3CCN(C(=O)OC(C)(C)C)CC3c3ccccc3Cl)ccc2C)c(C)c1. The number of hydrogen-bond acceptors (Lipinski definition) is 5. The van der Waals surface area contributed by atoms with Crippen LogP contribution in [-0.2, 0) is 14.8 Å². The number of halogens is 1. The van der Waals surface area contributed by atoms with Gasteiger partial charge in [-0.05, 0) is 88.9 Å². The van der Waals surface area contributed by atoms with Crippen LogP contribution >= 0.6 is 11.6 Å². The number of hydrogen-bond donors (Lipinski definition) is 1. The number of carbonyl (C=O) groups is 2. The van der Waals surface area contributed by atoms with E-state index in [-0.39, 0.29) is 30.4 Å². The molecule has 1 aliphatic heterocycles. The van der Waals surface area contributed by atoms with Crippen LogP contribution in [0.1, 0.15) is 65.0 Å². The first kappa shape index (κ1) is 31.4. The second-order valence-electron chi connectivity index (χ2n) is 11.8. The van der Waals surface area contributed by atoms with Crippen LogP contribution in [0.15, 0.2) is 59.5 Å². The molecule has 224 valence electrons. The minimum atomic E-state index is -3.92. The average molecular weight is 612 g/mol. The summed E-state index contributed by atoms with van der Waals surface area (Å²) in [5, 5.41) is 0.479.